The predicted molar refractivity (Wildman–Crippen MR) is 124 cm³/mol. The molecule has 3 heterocycles. The van der Waals surface area contributed by atoms with Crippen molar-refractivity contribution >= 4 is 33.4 Å². The quantitative estimate of drug-likeness (QED) is 0.635. The Bertz CT molecular complexity index is 1120. The molecule has 2 amide bonds. The van der Waals surface area contributed by atoms with E-state index in [1.807, 2.05) is 41.1 Å². The van der Waals surface area contributed by atoms with Crippen molar-refractivity contribution < 1.29 is 9.59 Å². The predicted octanol–water partition coefficient (Wildman–Crippen LogP) is 4.87. The van der Waals surface area contributed by atoms with Gasteiger partial charge in [-0.05, 0) is 49.8 Å². The van der Waals surface area contributed by atoms with E-state index in [1.54, 1.807) is 16.2 Å². The number of aromatic nitrogens is 1. The molecule has 5 nitrogen and oxygen atoms in total. The Morgan fingerprint density at radius 3 is 2.65 bits per heavy atom. The van der Waals surface area contributed by atoms with Crippen LogP contribution < -0.4 is 5.32 Å². The van der Waals surface area contributed by atoms with Crippen molar-refractivity contribution in [1.82, 2.24) is 14.8 Å². The van der Waals surface area contributed by atoms with E-state index in [-0.39, 0.29) is 17.9 Å². The van der Waals surface area contributed by atoms with Gasteiger partial charge in [-0.3, -0.25) is 9.59 Å². The molecule has 1 saturated carbocycles. The number of amides is 2. The summed E-state index contributed by atoms with van der Waals surface area (Å²) >= 11 is 1.63. The molecule has 0 bridgehead atoms. The molecule has 1 aliphatic heterocycles. The van der Waals surface area contributed by atoms with Crippen molar-refractivity contribution in [3.8, 4) is 0 Å². The van der Waals surface area contributed by atoms with E-state index in [4.69, 9.17) is 0 Å². The van der Waals surface area contributed by atoms with Gasteiger partial charge in [0, 0.05) is 12.6 Å². The van der Waals surface area contributed by atoms with Gasteiger partial charge in [-0.1, -0.05) is 49.1 Å². The number of rotatable bonds is 4. The lowest BCUT2D eigenvalue weighted by Crippen LogP contribution is -2.64. The fourth-order valence-electron chi connectivity index (χ4n) is 4.98. The van der Waals surface area contributed by atoms with Crippen LogP contribution in [0.4, 0.5) is 0 Å². The van der Waals surface area contributed by atoms with Gasteiger partial charge >= 0.3 is 0 Å². The lowest BCUT2D eigenvalue weighted by Gasteiger charge is -2.45. The van der Waals surface area contributed by atoms with E-state index in [1.165, 1.54) is 12.0 Å². The Hall–Kier alpha value is -2.60. The Labute approximate surface area is 187 Å². The molecule has 1 fully saturated rings. The second kappa shape index (κ2) is 7.83. The van der Waals surface area contributed by atoms with Crippen LogP contribution in [0.15, 0.2) is 41.8 Å². The third-order valence-corrected chi connectivity index (χ3v) is 7.79. The fraction of sp³-hybridized carbons (Fsp3) is 0.440. The van der Waals surface area contributed by atoms with Gasteiger partial charge in [0.2, 0.25) is 5.91 Å². The maximum Gasteiger partial charge on any atom is 0.271 e. The molecule has 2 aromatic heterocycles. The van der Waals surface area contributed by atoms with Gasteiger partial charge in [-0.25, -0.2) is 0 Å². The molecule has 1 aromatic carbocycles. The largest absolute Gasteiger partial charge is 0.351 e. The van der Waals surface area contributed by atoms with Crippen molar-refractivity contribution in [2.24, 2.45) is 0 Å². The van der Waals surface area contributed by atoms with E-state index >= 15 is 0 Å². The minimum Gasteiger partial charge on any atom is -0.351 e. The zero-order valence-electron chi connectivity index (χ0n) is 18.2. The summed E-state index contributed by atoms with van der Waals surface area (Å²) < 4.78 is 3.14. The Morgan fingerprint density at radius 1 is 1.16 bits per heavy atom. The molecule has 1 aliphatic carbocycles. The summed E-state index contributed by atoms with van der Waals surface area (Å²) in [5, 5.41) is 5.34. The van der Waals surface area contributed by atoms with E-state index in [2.05, 4.69) is 24.4 Å². The third-order valence-electron chi connectivity index (χ3n) is 6.94. The van der Waals surface area contributed by atoms with Crippen LogP contribution >= 0.6 is 11.3 Å². The number of aryl methyl sites for hydroxylation is 1. The summed E-state index contributed by atoms with van der Waals surface area (Å²) in [4.78, 5) is 29.2. The Balaban J connectivity index is 1.52. The van der Waals surface area contributed by atoms with Crippen LogP contribution in [0, 0.1) is 6.92 Å². The number of carbonyl (C=O) groups excluding carboxylic acids is 2. The first-order valence-corrected chi connectivity index (χ1v) is 12.1. The van der Waals surface area contributed by atoms with Crippen molar-refractivity contribution in [2.45, 2.75) is 70.6 Å². The van der Waals surface area contributed by atoms with E-state index in [0.29, 0.717) is 18.8 Å². The van der Waals surface area contributed by atoms with Gasteiger partial charge in [-0.2, -0.15) is 0 Å². The highest BCUT2D eigenvalue weighted by Crippen LogP contribution is 2.35. The van der Waals surface area contributed by atoms with Crippen molar-refractivity contribution in [1.29, 1.82) is 0 Å². The molecule has 1 atom stereocenters. The van der Waals surface area contributed by atoms with Gasteiger partial charge in [0.05, 0.1) is 16.8 Å². The first kappa shape index (κ1) is 20.3. The third kappa shape index (κ3) is 3.57. The molecule has 1 N–H and O–H groups in total. The number of thiophene rings is 1. The standard InChI is InChI=1S/C25H29N3O2S/c1-17-8-10-18(11-9-17)15-28-23(29)21-14-22-20(12-13-31-22)27(21)16-25(28,2)24(30)26-19-6-4-3-5-7-19/h8-14,19H,3-7,15-16H2,1-2H3,(H,26,30)/t25-/m0/s1. The number of hydrogen-bond donors (Lipinski definition) is 1. The molecule has 5 rings (SSSR count). The summed E-state index contributed by atoms with van der Waals surface area (Å²) in [5.74, 6) is -0.112. The molecule has 6 heteroatoms. The molecular weight excluding hydrogens is 406 g/mol. The van der Waals surface area contributed by atoms with E-state index < -0.39 is 5.54 Å². The molecule has 31 heavy (non-hydrogen) atoms. The number of nitrogens with zero attached hydrogens (tertiary/aromatic N) is 2. The fourth-order valence-corrected chi connectivity index (χ4v) is 5.81. The lowest BCUT2D eigenvalue weighted by atomic mass is 9.91. The highest BCUT2D eigenvalue weighted by Gasteiger charge is 2.48. The summed E-state index contributed by atoms with van der Waals surface area (Å²) in [7, 11) is 0. The maximum absolute atomic E-state index is 13.7. The maximum atomic E-state index is 13.7. The monoisotopic (exact) mass is 435 g/mol. The minimum absolute atomic E-state index is 0.0393. The average Bonchev–Trinajstić information content (AvgIpc) is 3.36. The van der Waals surface area contributed by atoms with Crippen molar-refractivity contribution in [3.63, 3.8) is 0 Å². The van der Waals surface area contributed by atoms with Gasteiger partial charge in [-0.15, -0.1) is 11.3 Å². The van der Waals surface area contributed by atoms with Crippen LogP contribution in [-0.4, -0.2) is 32.9 Å². The van der Waals surface area contributed by atoms with Gasteiger partial charge < -0.3 is 14.8 Å². The highest BCUT2D eigenvalue weighted by molar-refractivity contribution is 7.17. The SMILES string of the molecule is Cc1ccc(CN2C(=O)c3cc4sccc4n3C[C@@]2(C)C(=O)NC2CCCCC2)cc1. The van der Waals surface area contributed by atoms with E-state index in [0.717, 1.165) is 41.5 Å². The van der Waals surface area contributed by atoms with Gasteiger partial charge in [0.15, 0.2) is 0 Å². The molecule has 0 radical (unpaired) electrons. The topological polar surface area (TPSA) is 54.3 Å². The number of benzene rings is 1. The molecule has 0 spiro atoms. The van der Waals surface area contributed by atoms with E-state index in [9.17, 15) is 9.59 Å². The first-order chi connectivity index (χ1) is 15.0. The smallest absolute Gasteiger partial charge is 0.271 e. The lowest BCUT2D eigenvalue weighted by molar-refractivity contribution is -0.134. The summed E-state index contributed by atoms with van der Waals surface area (Å²) in [6, 6.07) is 12.4. The average molecular weight is 436 g/mol. The molecule has 0 unspecified atom stereocenters. The van der Waals surface area contributed by atoms with Crippen LogP contribution in [0.5, 0.6) is 0 Å². The molecule has 3 aromatic rings. The second-order valence-electron chi connectivity index (χ2n) is 9.24. The van der Waals surface area contributed by atoms with Crippen LogP contribution in [0.3, 0.4) is 0 Å². The highest BCUT2D eigenvalue weighted by atomic mass is 32.1. The summed E-state index contributed by atoms with van der Waals surface area (Å²) in [5.41, 5.74) is 3.00. The number of nitrogens with one attached hydrogen (secondary N) is 1. The van der Waals surface area contributed by atoms with Crippen LogP contribution in [0.1, 0.15) is 60.6 Å². The Kier molecular flexibility index (Phi) is 5.13. The first-order valence-electron chi connectivity index (χ1n) is 11.2. The molecular formula is C25H29N3O2S. The summed E-state index contributed by atoms with van der Waals surface area (Å²) in [6.07, 6.45) is 5.61. The number of carbonyl (C=O) groups is 2. The van der Waals surface area contributed by atoms with Gasteiger partial charge in [0.25, 0.3) is 5.91 Å². The molecule has 0 saturated heterocycles. The second-order valence-corrected chi connectivity index (χ2v) is 10.2. The van der Waals surface area contributed by atoms with Gasteiger partial charge in [0.1, 0.15) is 11.2 Å². The normalized spacial score (nSPS) is 22.0. The van der Waals surface area contributed by atoms with Crippen LogP contribution in [0.2, 0.25) is 0 Å². The van der Waals surface area contributed by atoms with Crippen molar-refractivity contribution in [2.75, 3.05) is 0 Å². The Morgan fingerprint density at radius 2 is 1.90 bits per heavy atom. The number of fused-ring (bicyclic) bond motifs is 3. The van der Waals surface area contributed by atoms with Crippen molar-refractivity contribution in [3.05, 3.63) is 58.6 Å². The summed E-state index contributed by atoms with van der Waals surface area (Å²) in [6.45, 7) is 4.88. The minimum atomic E-state index is -0.944. The zero-order chi connectivity index (χ0) is 21.6. The number of hydrogen-bond acceptors (Lipinski definition) is 3. The van der Waals surface area contributed by atoms with Crippen LogP contribution in [0.25, 0.3) is 10.2 Å². The molecule has 2 aliphatic rings. The zero-order valence-corrected chi connectivity index (χ0v) is 19.0. The van der Waals surface area contributed by atoms with Crippen LogP contribution in [-0.2, 0) is 17.9 Å². The molecule has 162 valence electrons.